The van der Waals surface area contributed by atoms with Gasteiger partial charge >= 0.3 is 5.97 Å². The van der Waals surface area contributed by atoms with E-state index in [1.165, 1.54) is 24.8 Å². The van der Waals surface area contributed by atoms with E-state index < -0.39 is 6.04 Å². The number of thioether (sulfide) groups is 1. The number of aromatic nitrogens is 3. The molecule has 1 aliphatic heterocycles. The molecule has 1 aromatic heterocycles. The van der Waals surface area contributed by atoms with Crippen molar-refractivity contribution in [1.82, 2.24) is 14.8 Å². The van der Waals surface area contributed by atoms with E-state index in [1.54, 1.807) is 11.8 Å². The Morgan fingerprint density at radius 3 is 2.58 bits per heavy atom. The summed E-state index contributed by atoms with van der Waals surface area (Å²) in [5, 5.41) is 8.89. The number of nitrogens with zero attached hydrogens (tertiary/aromatic N) is 3. The quantitative estimate of drug-likeness (QED) is 0.112. The molecule has 1 aliphatic carbocycles. The number of hydrogen-bond acceptors (Lipinski definition) is 8. The van der Waals surface area contributed by atoms with Gasteiger partial charge in [-0.05, 0) is 69.2 Å². The predicted molar refractivity (Wildman–Crippen MR) is 171 cm³/mol. The van der Waals surface area contributed by atoms with Crippen LogP contribution in [0.25, 0.3) is 0 Å². The number of benzene rings is 2. The van der Waals surface area contributed by atoms with Crippen LogP contribution in [0, 0.1) is 0 Å². The molecule has 2 aliphatic rings. The van der Waals surface area contributed by atoms with E-state index in [1.807, 2.05) is 54.9 Å². The summed E-state index contributed by atoms with van der Waals surface area (Å²) in [7, 11) is 0. The van der Waals surface area contributed by atoms with Gasteiger partial charge in [0.15, 0.2) is 11.5 Å². The minimum atomic E-state index is -0.524. The van der Waals surface area contributed by atoms with Crippen LogP contribution < -0.4 is 14.8 Å². The molecule has 9 heteroatoms. The van der Waals surface area contributed by atoms with Crippen LogP contribution in [0.2, 0.25) is 0 Å². The Morgan fingerprint density at radius 1 is 1.00 bits per heavy atom. The van der Waals surface area contributed by atoms with Gasteiger partial charge in [0.25, 0.3) is 0 Å². The Morgan fingerprint density at radius 2 is 1.81 bits per heavy atom. The molecule has 0 radical (unpaired) electrons. The maximum atomic E-state index is 13.9. The Kier molecular flexibility index (Phi) is 11.0. The first kappa shape index (κ1) is 31.0. The number of fused-ring (bicyclic) bond motifs is 1. The SMILES string of the molecule is CCCCCCOc1ccc(C2C(C(=O)OC3CCCCC3)=C(C)Nc3nc(SCc4ccccc4)nn32)cc1OCC. The number of allylic oxidation sites excluding steroid dienone is 1. The highest BCUT2D eigenvalue weighted by Crippen LogP contribution is 2.40. The van der Waals surface area contributed by atoms with Gasteiger partial charge in [-0.3, -0.25) is 0 Å². The van der Waals surface area contributed by atoms with Gasteiger partial charge in [-0.2, -0.15) is 4.98 Å². The number of rotatable bonds is 14. The van der Waals surface area contributed by atoms with Crippen molar-refractivity contribution in [3.05, 3.63) is 70.9 Å². The van der Waals surface area contributed by atoms with Crippen molar-refractivity contribution in [1.29, 1.82) is 0 Å². The fraction of sp³-hybridized carbons (Fsp3) is 0.500. The Hall–Kier alpha value is -3.46. The summed E-state index contributed by atoms with van der Waals surface area (Å²) in [6.07, 6.45) is 9.66. The van der Waals surface area contributed by atoms with Crippen LogP contribution in [0.15, 0.2) is 65.0 Å². The zero-order valence-electron chi connectivity index (χ0n) is 25.6. The van der Waals surface area contributed by atoms with Gasteiger partial charge in [0.2, 0.25) is 11.1 Å². The molecule has 1 atom stereocenters. The summed E-state index contributed by atoms with van der Waals surface area (Å²) in [6, 6.07) is 15.7. The number of unbranched alkanes of at least 4 members (excludes halogenated alkanes) is 3. The average molecular weight is 605 g/mol. The van der Waals surface area contributed by atoms with Crippen LogP contribution in [-0.2, 0) is 15.3 Å². The molecular formula is C34H44N4O4S. The second-order valence-electron chi connectivity index (χ2n) is 11.2. The van der Waals surface area contributed by atoms with E-state index in [0.717, 1.165) is 55.5 Å². The fourth-order valence-electron chi connectivity index (χ4n) is 5.68. The Labute approximate surface area is 259 Å². The lowest BCUT2D eigenvalue weighted by molar-refractivity contribution is -0.146. The van der Waals surface area contributed by atoms with Crippen LogP contribution >= 0.6 is 11.8 Å². The molecule has 0 spiro atoms. The van der Waals surface area contributed by atoms with E-state index in [4.69, 9.17) is 24.3 Å². The molecule has 0 amide bonds. The van der Waals surface area contributed by atoms with E-state index in [0.29, 0.717) is 41.4 Å². The van der Waals surface area contributed by atoms with E-state index in [9.17, 15) is 4.79 Å². The average Bonchev–Trinajstić information content (AvgIpc) is 3.43. The van der Waals surface area contributed by atoms with Gasteiger partial charge in [-0.25, -0.2) is 9.48 Å². The van der Waals surface area contributed by atoms with E-state index >= 15 is 0 Å². The smallest absolute Gasteiger partial charge is 0.338 e. The lowest BCUT2D eigenvalue weighted by Crippen LogP contribution is -2.32. The molecule has 5 rings (SSSR count). The van der Waals surface area contributed by atoms with Crippen LogP contribution in [0.3, 0.4) is 0 Å². The van der Waals surface area contributed by atoms with Crippen molar-refractivity contribution in [2.24, 2.45) is 0 Å². The molecule has 43 heavy (non-hydrogen) atoms. The number of ether oxygens (including phenoxy) is 3. The third-order valence-electron chi connectivity index (χ3n) is 7.93. The molecule has 3 aromatic rings. The topological polar surface area (TPSA) is 87.5 Å². The molecule has 1 saturated carbocycles. The van der Waals surface area contributed by atoms with Gasteiger partial charge in [0.05, 0.1) is 18.8 Å². The van der Waals surface area contributed by atoms with E-state index in [-0.39, 0.29) is 12.1 Å². The maximum absolute atomic E-state index is 13.9. The summed E-state index contributed by atoms with van der Waals surface area (Å²) in [6.45, 7) is 7.22. The van der Waals surface area contributed by atoms with Crippen LogP contribution in [-0.4, -0.2) is 40.1 Å². The molecule has 0 saturated heterocycles. The minimum absolute atomic E-state index is 0.0567. The second-order valence-corrected chi connectivity index (χ2v) is 12.2. The van der Waals surface area contributed by atoms with Gasteiger partial charge < -0.3 is 19.5 Å². The zero-order valence-corrected chi connectivity index (χ0v) is 26.5. The largest absolute Gasteiger partial charge is 0.490 e. The number of carbonyl (C=O) groups excluding carboxylic acids is 1. The Balaban J connectivity index is 1.46. The molecule has 230 valence electrons. The van der Waals surface area contributed by atoms with Crippen molar-refractivity contribution < 1.29 is 19.0 Å². The minimum Gasteiger partial charge on any atom is -0.490 e. The normalized spacial score (nSPS) is 16.9. The molecular weight excluding hydrogens is 560 g/mol. The number of carbonyl (C=O) groups is 1. The van der Waals surface area contributed by atoms with Crippen molar-refractivity contribution in [3.8, 4) is 11.5 Å². The highest BCUT2D eigenvalue weighted by Gasteiger charge is 2.37. The third kappa shape index (κ3) is 7.93. The van der Waals surface area contributed by atoms with Crippen molar-refractivity contribution in [2.75, 3.05) is 18.5 Å². The molecule has 1 unspecified atom stereocenters. The number of hydrogen-bond donors (Lipinski definition) is 1. The van der Waals surface area contributed by atoms with Crippen molar-refractivity contribution in [2.45, 2.75) is 102 Å². The lowest BCUT2D eigenvalue weighted by atomic mass is 9.94. The highest BCUT2D eigenvalue weighted by atomic mass is 32.2. The van der Waals surface area contributed by atoms with Crippen molar-refractivity contribution >= 4 is 23.7 Å². The predicted octanol–water partition coefficient (Wildman–Crippen LogP) is 8.09. The molecule has 2 aromatic carbocycles. The van der Waals surface area contributed by atoms with Crippen LogP contribution in [0.4, 0.5) is 5.95 Å². The molecule has 0 bridgehead atoms. The number of nitrogens with one attached hydrogen (secondary N) is 1. The number of esters is 1. The van der Waals surface area contributed by atoms with E-state index in [2.05, 4.69) is 24.4 Å². The fourth-order valence-corrected chi connectivity index (χ4v) is 6.46. The van der Waals surface area contributed by atoms with Crippen LogP contribution in [0.1, 0.15) is 95.7 Å². The first-order chi connectivity index (χ1) is 21.1. The number of anilines is 1. The first-order valence-electron chi connectivity index (χ1n) is 15.8. The molecule has 8 nitrogen and oxygen atoms in total. The maximum Gasteiger partial charge on any atom is 0.338 e. The van der Waals surface area contributed by atoms with Crippen molar-refractivity contribution in [3.63, 3.8) is 0 Å². The molecule has 1 N–H and O–H groups in total. The second kappa shape index (κ2) is 15.3. The summed E-state index contributed by atoms with van der Waals surface area (Å²) < 4.78 is 20.1. The zero-order chi connectivity index (χ0) is 30.0. The highest BCUT2D eigenvalue weighted by molar-refractivity contribution is 7.98. The van der Waals surface area contributed by atoms with Gasteiger partial charge in [-0.15, -0.1) is 5.10 Å². The standard InChI is InChI=1S/C34H44N4O4S/c1-4-6-7-14-21-41-28-20-19-26(22-29(28)40-5-2)31-30(32(39)42-27-17-12-9-13-18-27)24(3)35-33-36-34(37-38(31)33)43-23-25-15-10-8-11-16-25/h8,10-11,15-16,19-20,22,27,31H,4-7,9,12-14,17-18,21,23H2,1-3H3,(H,35,36,37). The first-order valence-corrected chi connectivity index (χ1v) is 16.8. The monoisotopic (exact) mass is 604 g/mol. The lowest BCUT2D eigenvalue weighted by Gasteiger charge is -2.30. The third-order valence-corrected chi connectivity index (χ3v) is 8.84. The summed E-state index contributed by atoms with van der Waals surface area (Å²) in [5.41, 5.74) is 3.32. The van der Waals surface area contributed by atoms with Gasteiger partial charge in [-0.1, -0.05) is 80.8 Å². The van der Waals surface area contributed by atoms with Gasteiger partial charge in [0.1, 0.15) is 12.1 Å². The summed E-state index contributed by atoms with van der Waals surface area (Å²) in [5.74, 6) is 2.40. The van der Waals surface area contributed by atoms with Crippen LogP contribution in [0.5, 0.6) is 11.5 Å². The Bertz CT molecular complexity index is 1380. The molecule has 1 fully saturated rings. The van der Waals surface area contributed by atoms with Gasteiger partial charge in [0, 0.05) is 11.4 Å². The summed E-state index contributed by atoms with van der Waals surface area (Å²) >= 11 is 1.57. The molecule has 2 heterocycles. The summed E-state index contributed by atoms with van der Waals surface area (Å²) in [4.78, 5) is 18.7.